The van der Waals surface area contributed by atoms with Crippen molar-refractivity contribution >= 4 is 16.8 Å². The first-order valence-electron chi connectivity index (χ1n) is 13.2. The number of fused-ring (bicyclic) bond motifs is 1. The fourth-order valence-electron chi connectivity index (χ4n) is 5.38. The topological polar surface area (TPSA) is 48.6 Å². The first kappa shape index (κ1) is 24.0. The summed E-state index contributed by atoms with van der Waals surface area (Å²) in [7, 11) is 0. The van der Waals surface area contributed by atoms with Gasteiger partial charge in [0.25, 0.3) is 5.91 Å². The zero-order valence-corrected chi connectivity index (χ0v) is 21.3. The monoisotopic (exact) mass is 501 g/mol. The molecule has 4 aromatic carbocycles. The SMILES string of the molecule is O=C(c1cccc(Oc2ccccc2)c1)N1CCN(Cc2ccccc2)C[C@H]1Cc1c[nH]c2ccccc12. The Labute approximate surface area is 223 Å². The molecule has 5 heteroatoms. The van der Waals surface area contributed by atoms with Crippen LogP contribution in [0.25, 0.3) is 10.9 Å². The number of carbonyl (C=O) groups excluding carboxylic acids is 1. The molecule has 1 N–H and O–H groups in total. The van der Waals surface area contributed by atoms with E-state index >= 15 is 0 Å². The summed E-state index contributed by atoms with van der Waals surface area (Å²) in [6.07, 6.45) is 2.89. The third-order valence-electron chi connectivity index (χ3n) is 7.27. The van der Waals surface area contributed by atoms with Gasteiger partial charge in [0.15, 0.2) is 0 Å². The molecular weight excluding hydrogens is 470 g/mol. The van der Waals surface area contributed by atoms with Gasteiger partial charge in [-0.15, -0.1) is 0 Å². The van der Waals surface area contributed by atoms with Crippen LogP contribution in [0.3, 0.4) is 0 Å². The second kappa shape index (κ2) is 11.0. The second-order valence-corrected chi connectivity index (χ2v) is 9.88. The van der Waals surface area contributed by atoms with Crippen molar-refractivity contribution in [3.63, 3.8) is 0 Å². The Hall–Kier alpha value is -4.35. The Morgan fingerprint density at radius 1 is 0.816 bits per heavy atom. The van der Waals surface area contributed by atoms with Gasteiger partial charge in [-0.1, -0.05) is 72.8 Å². The van der Waals surface area contributed by atoms with Crippen LogP contribution in [-0.2, 0) is 13.0 Å². The summed E-state index contributed by atoms with van der Waals surface area (Å²) in [5.74, 6) is 1.47. The number of H-pyrrole nitrogens is 1. The number of nitrogens with one attached hydrogen (secondary N) is 1. The molecule has 1 saturated heterocycles. The van der Waals surface area contributed by atoms with Crippen LogP contribution in [0.2, 0.25) is 0 Å². The number of carbonyl (C=O) groups is 1. The van der Waals surface area contributed by atoms with E-state index in [9.17, 15) is 4.79 Å². The number of hydrogen-bond donors (Lipinski definition) is 1. The molecule has 1 fully saturated rings. The van der Waals surface area contributed by atoms with Crippen LogP contribution in [0.4, 0.5) is 0 Å². The molecule has 5 aromatic rings. The lowest BCUT2D eigenvalue weighted by atomic mass is 9.99. The molecule has 1 aromatic heterocycles. The van der Waals surface area contributed by atoms with Crippen molar-refractivity contribution < 1.29 is 9.53 Å². The molecule has 190 valence electrons. The van der Waals surface area contributed by atoms with E-state index in [-0.39, 0.29) is 11.9 Å². The number of rotatable bonds is 7. The van der Waals surface area contributed by atoms with Gasteiger partial charge in [0.05, 0.1) is 0 Å². The highest BCUT2D eigenvalue weighted by atomic mass is 16.5. The third kappa shape index (κ3) is 5.34. The summed E-state index contributed by atoms with van der Waals surface area (Å²) < 4.78 is 6.02. The minimum absolute atomic E-state index is 0.0488. The van der Waals surface area contributed by atoms with Gasteiger partial charge < -0.3 is 14.6 Å². The lowest BCUT2D eigenvalue weighted by Crippen LogP contribution is -2.55. The van der Waals surface area contributed by atoms with E-state index in [1.54, 1.807) is 0 Å². The maximum absolute atomic E-state index is 13.9. The summed E-state index contributed by atoms with van der Waals surface area (Å²) in [6, 6.07) is 36.2. The van der Waals surface area contributed by atoms with E-state index < -0.39 is 0 Å². The quantitative estimate of drug-likeness (QED) is 0.276. The molecule has 0 unspecified atom stereocenters. The summed E-state index contributed by atoms with van der Waals surface area (Å²) in [5, 5.41) is 1.22. The fraction of sp³-hybridized carbons (Fsp3) is 0.182. The molecule has 0 spiro atoms. The molecule has 0 saturated carbocycles. The summed E-state index contributed by atoms with van der Waals surface area (Å²) in [4.78, 5) is 21.8. The van der Waals surface area contributed by atoms with E-state index in [1.807, 2.05) is 60.7 Å². The van der Waals surface area contributed by atoms with Crippen molar-refractivity contribution in [2.75, 3.05) is 19.6 Å². The van der Waals surface area contributed by atoms with E-state index in [1.165, 1.54) is 16.5 Å². The first-order chi connectivity index (χ1) is 18.7. The molecule has 1 amide bonds. The van der Waals surface area contributed by atoms with E-state index in [0.717, 1.165) is 37.3 Å². The molecular formula is C33H31N3O2. The minimum atomic E-state index is 0.0488. The van der Waals surface area contributed by atoms with Gasteiger partial charge in [0.2, 0.25) is 0 Å². The van der Waals surface area contributed by atoms with Crippen molar-refractivity contribution in [2.45, 2.75) is 19.0 Å². The van der Waals surface area contributed by atoms with Gasteiger partial charge in [-0.25, -0.2) is 0 Å². The van der Waals surface area contributed by atoms with E-state index in [4.69, 9.17) is 4.74 Å². The number of aromatic amines is 1. The molecule has 1 aliphatic rings. The summed E-state index contributed by atoms with van der Waals surface area (Å²) >= 11 is 0. The number of piperazine rings is 1. The molecule has 2 heterocycles. The van der Waals surface area contributed by atoms with Crippen LogP contribution in [0.15, 0.2) is 115 Å². The number of hydrogen-bond acceptors (Lipinski definition) is 3. The predicted octanol–water partition coefficient (Wildman–Crippen LogP) is 6.53. The van der Waals surface area contributed by atoms with Crippen molar-refractivity contribution in [3.8, 4) is 11.5 Å². The Bertz CT molecular complexity index is 1510. The number of para-hydroxylation sites is 2. The Morgan fingerprint density at radius 3 is 2.39 bits per heavy atom. The molecule has 5 nitrogen and oxygen atoms in total. The van der Waals surface area contributed by atoms with Crippen molar-refractivity contribution in [1.82, 2.24) is 14.8 Å². The average molecular weight is 502 g/mol. The molecule has 0 bridgehead atoms. The third-order valence-corrected chi connectivity index (χ3v) is 7.27. The van der Waals surface area contributed by atoms with Crippen LogP contribution in [-0.4, -0.2) is 46.4 Å². The summed E-state index contributed by atoms with van der Waals surface area (Å²) in [5.41, 5.74) is 4.32. The maximum atomic E-state index is 13.9. The molecule has 0 radical (unpaired) electrons. The summed E-state index contributed by atoms with van der Waals surface area (Å²) in [6.45, 7) is 3.22. The largest absolute Gasteiger partial charge is 0.457 e. The smallest absolute Gasteiger partial charge is 0.254 e. The van der Waals surface area contributed by atoms with Crippen LogP contribution in [0.5, 0.6) is 11.5 Å². The van der Waals surface area contributed by atoms with Crippen molar-refractivity contribution in [2.24, 2.45) is 0 Å². The predicted molar refractivity (Wildman–Crippen MR) is 152 cm³/mol. The Morgan fingerprint density at radius 2 is 1.55 bits per heavy atom. The van der Waals surface area contributed by atoms with Crippen LogP contribution in [0, 0.1) is 0 Å². The highest BCUT2D eigenvalue weighted by Crippen LogP contribution is 2.26. The zero-order chi connectivity index (χ0) is 25.7. The highest BCUT2D eigenvalue weighted by Gasteiger charge is 2.32. The van der Waals surface area contributed by atoms with Crippen molar-refractivity contribution in [1.29, 1.82) is 0 Å². The van der Waals surface area contributed by atoms with Gasteiger partial charge in [-0.2, -0.15) is 0 Å². The number of benzene rings is 4. The Kier molecular flexibility index (Phi) is 6.92. The average Bonchev–Trinajstić information content (AvgIpc) is 3.37. The number of nitrogens with zero attached hydrogens (tertiary/aromatic N) is 2. The van der Waals surface area contributed by atoms with Crippen LogP contribution in [0.1, 0.15) is 21.5 Å². The molecule has 38 heavy (non-hydrogen) atoms. The van der Waals surface area contributed by atoms with Crippen molar-refractivity contribution in [3.05, 3.63) is 132 Å². The van der Waals surface area contributed by atoms with E-state index in [2.05, 4.69) is 69.5 Å². The zero-order valence-electron chi connectivity index (χ0n) is 21.3. The molecule has 0 aliphatic carbocycles. The molecule has 1 aliphatic heterocycles. The van der Waals surface area contributed by atoms with Gasteiger partial charge in [0.1, 0.15) is 11.5 Å². The van der Waals surface area contributed by atoms with Gasteiger partial charge in [0, 0.05) is 54.9 Å². The van der Waals surface area contributed by atoms with Gasteiger partial charge in [-0.05, 0) is 53.9 Å². The standard InChI is InChI=1S/C33H31N3O2/c37-33(26-12-9-15-30(21-26)38-29-13-5-2-6-14-29)36-19-18-35(23-25-10-3-1-4-11-25)24-28(36)20-27-22-34-32-17-8-7-16-31(27)32/h1-17,21-22,28,34H,18-20,23-24H2/t28-/m1/s1. The van der Waals surface area contributed by atoms with Gasteiger partial charge >= 0.3 is 0 Å². The van der Waals surface area contributed by atoms with Crippen LogP contribution >= 0.6 is 0 Å². The Balaban J connectivity index is 1.25. The number of aromatic nitrogens is 1. The lowest BCUT2D eigenvalue weighted by molar-refractivity contribution is 0.0439. The fourth-order valence-corrected chi connectivity index (χ4v) is 5.38. The first-order valence-corrected chi connectivity index (χ1v) is 13.2. The van der Waals surface area contributed by atoms with E-state index in [0.29, 0.717) is 17.9 Å². The van der Waals surface area contributed by atoms with Gasteiger partial charge in [-0.3, -0.25) is 9.69 Å². The lowest BCUT2D eigenvalue weighted by Gasteiger charge is -2.41. The molecule has 1 atom stereocenters. The maximum Gasteiger partial charge on any atom is 0.254 e. The number of ether oxygens (including phenoxy) is 1. The number of amides is 1. The molecule has 6 rings (SSSR count). The van der Waals surface area contributed by atoms with Crippen LogP contribution < -0.4 is 4.74 Å². The highest BCUT2D eigenvalue weighted by molar-refractivity contribution is 5.95. The minimum Gasteiger partial charge on any atom is -0.457 e. The normalized spacial score (nSPS) is 16.0. The second-order valence-electron chi connectivity index (χ2n) is 9.88.